The molecule has 0 amide bonds. The Labute approximate surface area is 232 Å². The molecule has 8 N–H and O–H groups in total. The van der Waals surface area contributed by atoms with Gasteiger partial charge in [0.15, 0.2) is 11.5 Å². The molecule has 0 bridgehead atoms. The number of ether oxygens (including phenoxy) is 4. The van der Waals surface area contributed by atoms with E-state index < -0.39 is 78.4 Å². The first kappa shape index (κ1) is 29.7. The minimum Gasteiger partial charge on any atom is -0.507 e. The Bertz CT molecular complexity index is 1570. The van der Waals surface area contributed by atoms with Crippen molar-refractivity contribution in [3.8, 4) is 40.1 Å². The third-order valence-electron chi connectivity index (χ3n) is 5.87. The Morgan fingerprint density at radius 1 is 0.810 bits per heavy atom. The van der Waals surface area contributed by atoms with Gasteiger partial charge < -0.3 is 59.8 Å². The molecule has 3 aromatic rings. The van der Waals surface area contributed by atoms with Gasteiger partial charge in [-0.15, -0.1) is 0 Å². The van der Waals surface area contributed by atoms with Crippen molar-refractivity contribution < 1.29 is 83.4 Å². The molecule has 5 atom stereocenters. The van der Waals surface area contributed by atoms with Crippen LogP contribution < -0.4 is 4.74 Å². The zero-order valence-corrected chi connectivity index (χ0v) is 20.8. The maximum absolute atomic E-state index is 11.8. The summed E-state index contributed by atoms with van der Waals surface area (Å²) in [5.74, 6) is -10.4. The van der Waals surface area contributed by atoms with Gasteiger partial charge in [-0.25, -0.2) is 23.6 Å². The number of aliphatic carboxylic acids is 1. The minimum atomic E-state index is -2.16. The Hall–Kier alpha value is -5.23. The number of benzene rings is 2. The van der Waals surface area contributed by atoms with Crippen LogP contribution in [0.15, 0.2) is 40.8 Å². The number of phenols is 4. The molecule has 222 valence electrons. The van der Waals surface area contributed by atoms with Gasteiger partial charge in [0, 0.05) is 18.2 Å². The number of carbonyl (C=O) groups excluding carboxylic acids is 3. The van der Waals surface area contributed by atoms with Crippen molar-refractivity contribution in [2.45, 2.75) is 30.7 Å². The fourth-order valence-corrected chi connectivity index (χ4v) is 3.80. The molecule has 0 aliphatic carbocycles. The van der Waals surface area contributed by atoms with Crippen molar-refractivity contribution in [2.24, 2.45) is 0 Å². The predicted molar refractivity (Wildman–Crippen MR) is 130 cm³/mol. The number of carboxylic acid groups (broad SMARTS) is 1. The van der Waals surface area contributed by atoms with Crippen LogP contribution in [0.4, 0.5) is 0 Å². The fourth-order valence-electron chi connectivity index (χ4n) is 3.80. The summed E-state index contributed by atoms with van der Waals surface area (Å²) in [5.41, 5.74) is 0.0110. The zero-order valence-electron chi connectivity index (χ0n) is 20.8. The monoisotopic (exact) mass is 593 g/mol. The van der Waals surface area contributed by atoms with Gasteiger partial charge in [0.25, 0.3) is 0 Å². The summed E-state index contributed by atoms with van der Waals surface area (Å²) in [5, 5.41) is 79.4. The molecule has 0 radical (unpaired) electrons. The Balaban J connectivity index is 1.62. The highest BCUT2D eigenvalue weighted by Crippen LogP contribution is 2.42. The fraction of sp³-hybridized carbons (Fsp3) is 0.240. The first-order valence-corrected chi connectivity index (χ1v) is 11.6. The molecular formula is C25H21O17+. The van der Waals surface area contributed by atoms with Gasteiger partial charge in [0.1, 0.15) is 47.9 Å². The van der Waals surface area contributed by atoms with E-state index in [2.05, 4.69) is 9.47 Å². The number of aliphatic hydroxyl groups excluding tert-OH is 3. The molecule has 1 saturated heterocycles. The Morgan fingerprint density at radius 2 is 1.52 bits per heavy atom. The maximum Gasteiger partial charge on any atom is 0.425 e. The highest BCUT2D eigenvalue weighted by Gasteiger charge is 2.46. The van der Waals surface area contributed by atoms with Crippen molar-refractivity contribution in [1.29, 1.82) is 0 Å². The Kier molecular flexibility index (Phi) is 8.29. The molecule has 4 rings (SSSR count). The smallest absolute Gasteiger partial charge is 0.425 e. The summed E-state index contributed by atoms with van der Waals surface area (Å²) in [6.45, 7) is -0.985. The van der Waals surface area contributed by atoms with Gasteiger partial charge in [-0.2, -0.15) is 0 Å². The van der Waals surface area contributed by atoms with Crippen molar-refractivity contribution >= 4 is 34.8 Å². The molecule has 42 heavy (non-hydrogen) atoms. The molecule has 0 saturated carbocycles. The third kappa shape index (κ3) is 6.08. The summed E-state index contributed by atoms with van der Waals surface area (Å²) >= 11 is 0. The van der Waals surface area contributed by atoms with Crippen molar-refractivity contribution in [3.05, 3.63) is 36.4 Å². The SMILES string of the molecule is O=C(O)C(=O)OC(=O)C(=O)OCC1O[C@@H](Oc2cc3c(O)cc(O)cc3[o+]c2-c2ccc(O)c(O)c2)C(O)[C@@H](O)[C@@H]1O. The van der Waals surface area contributed by atoms with Gasteiger partial charge in [0.2, 0.25) is 12.0 Å². The number of phenolic OH excluding ortho intramolecular Hbond substituents is 4. The van der Waals surface area contributed by atoms with Crippen LogP contribution in [0.5, 0.6) is 28.7 Å². The number of esters is 3. The van der Waals surface area contributed by atoms with Gasteiger partial charge in [-0.1, -0.05) is 0 Å². The highest BCUT2D eigenvalue weighted by molar-refractivity contribution is 6.38. The normalized spacial score (nSPS) is 21.8. The lowest BCUT2D eigenvalue weighted by molar-refractivity contribution is -0.278. The van der Waals surface area contributed by atoms with E-state index in [9.17, 15) is 54.9 Å². The number of aliphatic hydroxyl groups is 3. The summed E-state index contributed by atoms with van der Waals surface area (Å²) in [7, 11) is 0. The molecule has 1 fully saturated rings. The van der Waals surface area contributed by atoms with Crippen molar-refractivity contribution in [2.75, 3.05) is 6.61 Å². The van der Waals surface area contributed by atoms with E-state index >= 15 is 0 Å². The van der Waals surface area contributed by atoms with Gasteiger partial charge in [0.05, 0.1) is 11.6 Å². The van der Waals surface area contributed by atoms with Gasteiger partial charge in [-0.05, 0) is 12.1 Å². The lowest BCUT2D eigenvalue weighted by Gasteiger charge is -2.39. The second-order valence-corrected chi connectivity index (χ2v) is 8.73. The number of aromatic hydroxyl groups is 4. The van der Waals surface area contributed by atoms with Crippen LogP contribution >= 0.6 is 0 Å². The number of hydrogen-bond acceptors (Lipinski definition) is 15. The molecule has 17 heteroatoms. The zero-order chi connectivity index (χ0) is 30.9. The van der Waals surface area contributed by atoms with E-state index in [-0.39, 0.29) is 33.8 Å². The molecule has 1 aliphatic heterocycles. The van der Waals surface area contributed by atoms with E-state index in [1.807, 2.05) is 0 Å². The molecular weight excluding hydrogens is 572 g/mol. The number of hydrogen-bond donors (Lipinski definition) is 8. The topological polar surface area (TPSA) is 278 Å². The van der Waals surface area contributed by atoms with E-state index in [0.717, 1.165) is 24.3 Å². The molecule has 17 nitrogen and oxygen atoms in total. The molecule has 1 aromatic heterocycles. The van der Waals surface area contributed by atoms with E-state index in [1.165, 1.54) is 12.1 Å². The second-order valence-electron chi connectivity index (χ2n) is 8.73. The average molecular weight is 593 g/mol. The average Bonchev–Trinajstić information content (AvgIpc) is 2.93. The number of rotatable bonds is 5. The van der Waals surface area contributed by atoms with E-state index in [1.54, 1.807) is 0 Å². The summed E-state index contributed by atoms with van der Waals surface area (Å²) in [4.78, 5) is 44.7. The number of fused-ring (bicyclic) bond motifs is 1. The standard InChI is InChI=1S/C25H20O17/c26-9-4-12(28)10-6-15(20(39-14(10)5-9)8-1-2-11(27)13(29)3-8)40-25-19(32)18(31)17(30)16(41-25)7-38-23(36)24(37)42-22(35)21(33)34/h1-6,16-19,25,30-32H,7H2,(H4-,26,27,28,29,33,34,36,37)/p+1/t16?,17-,18+,19?,25-/m1/s1. The first-order valence-electron chi connectivity index (χ1n) is 11.6. The third-order valence-corrected chi connectivity index (χ3v) is 5.87. The van der Waals surface area contributed by atoms with Crippen LogP contribution in [0, 0.1) is 0 Å². The number of carbonyl (C=O) groups is 4. The molecule has 1 aliphatic rings. The van der Waals surface area contributed by atoms with Crippen LogP contribution in [0.3, 0.4) is 0 Å². The Morgan fingerprint density at radius 3 is 2.19 bits per heavy atom. The summed E-state index contributed by atoms with van der Waals surface area (Å²) in [6, 6.07) is 6.79. The van der Waals surface area contributed by atoms with Crippen LogP contribution in [0.2, 0.25) is 0 Å². The second kappa shape index (κ2) is 11.7. The van der Waals surface area contributed by atoms with Gasteiger partial charge >= 0.3 is 35.2 Å². The molecule has 2 heterocycles. The summed E-state index contributed by atoms with van der Waals surface area (Å²) in [6.07, 6.45) is -9.41. The summed E-state index contributed by atoms with van der Waals surface area (Å²) < 4.78 is 25.2. The van der Waals surface area contributed by atoms with Gasteiger partial charge in [-0.3, -0.25) is 0 Å². The molecule has 2 aromatic carbocycles. The predicted octanol–water partition coefficient (Wildman–Crippen LogP) is -0.913. The first-order chi connectivity index (χ1) is 19.8. The number of carboxylic acids is 1. The van der Waals surface area contributed by atoms with E-state index in [4.69, 9.17) is 19.0 Å². The van der Waals surface area contributed by atoms with E-state index in [0.29, 0.717) is 0 Å². The van der Waals surface area contributed by atoms with Crippen LogP contribution in [0.25, 0.3) is 22.3 Å². The van der Waals surface area contributed by atoms with Crippen LogP contribution in [-0.2, 0) is 33.4 Å². The molecule has 2 unspecified atom stereocenters. The lowest BCUT2D eigenvalue weighted by Crippen LogP contribution is -2.60. The van der Waals surface area contributed by atoms with Crippen molar-refractivity contribution in [3.63, 3.8) is 0 Å². The van der Waals surface area contributed by atoms with Crippen molar-refractivity contribution in [1.82, 2.24) is 0 Å². The quantitative estimate of drug-likeness (QED) is 0.0584. The van der Waals surface area contributed by atoms with Crippen LogP contribution in [-0.4, -0.2) is 102 Å². The highest BCUT2D eigenvalue weighted by atomic mass is 16.7. The maximum atomic E-state index is 11.8. The largest absolute Gasteiger partial charge is 0.507 e. The lowest BCUT2D eigenvalue weighted by atomic mass is 9.99. The minimum absolute atomic E-state index is 0.0136. The molecule has 0 spiro atoms. The van der Waals surface area contributed by atoms with Crippen LogP contribution in [0.1, 0.15) is 0 Å².